The molecule has 100 valence electrons. The van der Waals surface area contributed by atoms with E-state index in [-0.39, 0.29) is 12.2 Å². The number of carboxylic acid groups (broad SMARTS) is 2. The van der Waals surface area contributed by atoms with Crippen LogP contribution in [0.3, 0.4) is 0 Å². The number of allylic oxidation sites excluding steroid dienone is 3. The summed E-state index contributed by atoms with van der Waals surface area (Å²) < 4.78 is 0. The van der Waals surface area contributed by atoms with Crippen molar-refractivity contribution in [1.29, 1.82) is 0 Å². The topological polar surface area (TPSA) is 107 Å². The Balaban J connectivity index is 3.20. The number of rotatable bonds is 5. The number of aliphatic carboxylic acids is 2. The van der Waals surface area contributed by atoms with Crippen molar-refractivity contribution in [2.24, 2.45) is 5.92 Å². The van der Waals surface area contributed by atoms with E-state index < -0.39 is 29.8 Å². The second-order valence-corrected chi connectivity index (χ2v) is 4.34. The number of carboxylic acids is 2. The fraction of sp³-hybridized carbons (Fsp3) is 0.500. The van der Waals surface area contributed by atoms with Gasteiger partial charge in [0.1, 0.15) is 11.3 Å². The average Bonchev–Trinajstić information content (AvgIpc) is 2.29. The molecule has 0 spiro atoms. The maximum atomic E-state index is 11.3. The molecular weight excluding hydrogens is 238 g/mol. The van der Waals surface area contributed by atoms with Gasteiger partial charge in [-0.25, -0.2) is 0 Å². The summed E-state index contributed by atoms with van der Waals surface area (Å²) >= 11 is 0. The molecule has 1 aliphatic heterocycles. The van der Waals surface area contributed by atoms with Crippen LogP contribution in [-0.4, -0.2) is 32.8 Å². The number of aliphatic hydroxyl groups excluding tert-OH is 1. The van der Waals surface area contributed by atoms with Gasteiger partial charge in [-0.2, -0.15) is 0 Å². The zero-order chi connectivity index (χ0) is 13.9. The SMILES string of the molecule is CC[C@]1([C@@H](CC(=O)O)C(=O)O)NC(C)=CC=C1O. The van der Waals surface area contributed by atoms with E-state index in [0.717, 1.165) is 0 Å². The Labute approximate surface area is 105 Å². The van der Waals surface area contributed by atoms with Gasteiger partial charge in [-0.05, 0) is 25.5 Å². The summed E-state index contributed by atoms with van der Waals surface area (Å²) in [5.41, 5.74) is -0.574. The molecule has 0 saturated carbocycles. The van der Waals surface area contributed by atoms with Crippen molar-refractivity contribution in [3.63, 3.8) is 0 Å². The minimum atomic E-state index is -1.26. The summed E-state index contributed by atoms with van der Waals surface area (Å²) in [5.74, 6) is -3.84. The average molecular weight is 255 g/mol. The van der Waals surface area contributed by atoms with Gasteiger partial charge >= 0.3 is 11.9 Å². The molecule has 0 unspecified atom stereocenters. The van der Waals surface area contributed by atoms with Crippen molar-refractivity contribution in [1.82, 2.24) is 5.32 Å². The smallest absolute Gasteiger partial charge is 0.309 e. The van der Waals surface area contributed by atoms with E-state index in [9.17, 15) is 19.8 Å². The van der Waals surface area contributed by atoms with Gasteiger partial charge in [0.2, 0.25) is 0 Å². The van der Waals surface area contributed by atoms with Crippen LogP contribution in [0.25, 0.3) is 0 Å². The van der Waals surface area contributed by atoms with Gasteiger partial charge in [0.05, 0.1) is 12.3 Å². The molecule has 6 nitrogen and oxygen atoms in total. The minimum Gasteiger partial charge on any atom is -0.510 e. The van der Waals surface area contributed by atoms with Crippen molar-refractivity contribution in [2.75, 3.05) is 0 Å². The Morgan fingerprint density at radius 1 is 1.39 bits per heavy atom. The Morgan fingerprint density at radius 3 is 2.44 bits per heavy atom. The molecule has 0 saturated heterocycles. The standard InChI is InChI=1S/C12H17NO5/c1-3-12(8(11(17)18)6-10(15)16)9(14)5-4-7(2)13-12/h4-5,8,13-14H,3,6H2,1-2H3,(H,15,16)(H,17,18)/t8-,12+/m0/s1. The molecule has 0 radical (unpaired) electrons. The van der Waals surface area contributed by atoms with Crippen LogP contribution < -0.4 is 5.32 Å². The molecule has 0 aromatic carbocycles. The summed E-state index contributed by atoms with van der Waals surface area (Å²) in [7, 11) is 0. The Morgan fingerprint density at radius 2 is 2.00 bits per heavy atom. The highest BCUT2D eigenvalue weighted by molar-refractivity contribution is 5.80. The highest BCUT2D eigenvalue weighted by Gasteiger charge is 2.47. The molecule has 6 heteroatoms. The molecule has 0 bridgehead atoms. The van der Waals surface area contributed by atoms with Crippen LogP contribution in [0, 0.1) is 5.92 Å². The first-order valence-electron chi connectivity index (χ1n) is 5.64. The molecule has 18 heavy (non-hydrogen) atoms. The first kappa shape index (κ1) is 14.1. The van der Waals surface area contributed by atoms with Crippen LogP contribution in [0.4, 0.5) is 0 Å². The summed E-state index contributed by atoms with van der Waals surface area (Å²) in [6, 6.07) is 0. The zero-order valence-electron chi connectivity index (χ0n) is 10.3. The number of nitrogens with one attached hydrogen (secondary N) is 1. The van der Waals surface area contributed by atoms with E-state index in [4.69, 9.17) is 5.11 Å². The number of hydrogen-bond acceptors (Lipinski definition) is 4. The largest absolute Gasteiger partial charge is 0.510 e. The lowest BCUT2D eigenvalue weighted by Crippen LogP contribution is -2.56. The first-order valence-corrected chi connectivity index (χ1v) is 5.64. The van der Waals surface area contributed by atoms with E-state index in [2.05, 4.69) is 5.32 Å². The van der Waals surface area contributed by atoms with Crippen molar-refractivity contribution in [3.05, 3.63) is 23.6 Å². The third kappa shape index (κ3) is 2.47. The van der Waals surface area contributed by atoms with Crippen LogP contribution in [0.2, 0.25) is 0 Å². The molecular formula is C12H17NO5. The quantitative estimate of drug-likeness (QED) is 0.589. The third-order valence-electron chi connectivity index (χ3n) is 3.20. The summed E-state index contributed by atoms with van der Waals surface area (Å²) in [4.78, 5) is 22.1. The Bertz CT molecular complexity index is 426. The number of dihydropyridines is 1. The maximum absolute atomic E-state index is 11.3. The lowest BCUT2D eigenvalue weighted by atomic mass is 9.76. The Kier molecular flexibility index (Phi) is 4.00. The highest BCUT2D eigenvalue weighted by atomic mass is 16.4. The van der Waals surface area contributed by atoms with Gasteiger partial charge < -0.3 is 20.6 Å². The van der Waals surface area contributed by atoms with Crippen LogP contribution in [0.5, 0.6) is 0 Å². The van der Waals surface area contributed by atoms with Crippen LogP contribution in [0.15, 0.2) is 23.6 Å². The van der Waals surface area contributed by atoms with E-state index in [1.54, 1.807) is 19.9 Å². The normalized spacial score (nSPS) is 24.6. The zero-order valence-corrected chi connectivity index (χ0v) is 10.3. The van der Waals surface area contributed by atoms with Crippen molar-refractivity contribution in [3.8, 4) is 0 Å². The van der Waals surface area contributed by atoms with Gasteiger partial charge in [-0.1, -0.05) is 6.92 Å². The monoisotopic (exact) mass is 255 g/mol. The predicted octanol–water partition coefficient (Wildman–Crippen LogP) is 1.26. The summed E-state index contributed by atoms with van der Waals surface area (Å²) in [6.45, 7) is 3.43. The Hall–Kier alpha value is -1.98. The lowest BCUT2D eigenvalue weighted by molar-refractivity contribution is -0.151. The number of aliphatic hydroxyl groups is 1. The summed E-state index contributed by atoms with van der Waals surface area (Å²) in [6.07, 6.45) is 2.74. The van der Waals surface area contributed by atoms with E-state index in [0.29, 0.717) is 5.70 Å². The van der Waals surface area contributed by atoms with Crippen LogP contribution in [-0.2, 0) is 9.59 Å². The lowest BCUT2D eigenvalue weighted by Gasteiger charge is -2.40. The summed E-state index contributed by atoms with van der Waals surface area (Å²) in [5, 5.41) is 30.9. The van der Waals surface area contributed by atoms with E-state index >= 15 is 0 Å². The van der Waals surface area contributed by atoms with Crippen LogP contribution in [0.1, 0.15) is 26.7 Å². The van der Waals surface area contributed by atoms with Crippen molar-refractivity contribution < 1.29 is 24.9 Å². The second-order valence-electron chi connectivity index (χ2n) is 4.34. The number of carbonyl (C=O) groups is 2. The van der Waals surface area contributed by atoms with Crippen LogP contribution >= 0.6 is 0 Å². The fourth-order valence-electron chi connectivity index (χ4n) is 2.24. The van der Waals surface area contributed by atoms with Crippen molar-refractivity contribution in [2.45, 2.75) is 32.2 Å². The fourth-order valence-corrected chi connectivity index (χ4v) is 2.24. The predicted molar refractivity (Wildman–Crippen MR) is 64.0 cm³/mol. The molecule has 0 amide bonds. The van der Waals surface area contributed by atoms with E-state index in [1.807, 2.05) is 0 Å². The third-order valence-corrected chi connectivity index (χ3v) is 3.20. The number of hydrogen-bond donors (Lipinski definition) is 4. The van der Waals surface area contributed by atoms with Gasteiger partial charge in [0, 0.05) is 5.70 Å². The minimum absolute atomic E-state index is 0.149. The first-order chi connectivity index (χ1) is 8.33. The molecule has 4 N–H and O–H groups in total. The highest BCUT2D eigenvalue weighted by Crippen LogP contribution is 2.34. The van der Waals surface area contributed by atoms with Crippen molar-refractivity contribution >= 4 is 11.9 Å². The molecule has 1 rings (SSSR count). The molecule has 0 aliphatic carbocycles. The molecule has 2 atom stereocenters. The van der Waals surface area contributed by atoms with Gasteiger partial charge in [0.15, 0.2) is 0 Å². The van der Waals surface area contributed by atoms with E-state index in [1.165, 1.54) is 6.08 Å². The van der Waals surface area contributed by atoms with Gasteiger partial charge in [0.25, 0.3) is 0 Å². The maximum Gasteiger partial charge on any atom is 0.309 e. The molecule has 0 fully saturated rings. The molecule has 1 aliphatic rings. The molecule has 0 aromatic rings. The van der Waals surface area contributed by atoms with Gasteiger partial charge in [-0.3, -0.25) is 9.59 Å². The second kappa shape index (κ2) is 5.12. The molecule has 0 aromatic heterocycles. The molecule has 1 heterocycles. The van der Waals surface area contributed by atoms with Gasteiger partial charge in [-0.15, -0.1) is 0 Å².